The predicted molar refractivity (Wildman–Crippen MR) is 87.9 cm³/mol. The van der Waals surface area contributed by atoms with Crippen molar-refractivity contribution in [3.63, 3.8) is 0 Å². The number of amides is 1. The van der Waals surface area contributed by atoms with Gasteiger partial charge in [0.05, 0.1) is 5.56 Å². The number of thiazole rings is 1. The summed E-state index contributed by atoms with van der Waals surface area (Å²) in [6.45, 7) is -0.391. The molecule has 1 aromatic carbocycles. The zero-order valence-corrected chi connectivity index (χ0v) is 13.7. The number of carbonyl (C=O) groups is 1. The van der Waals surface area contributed by atoms with E-state index in [1.807, 2.05) is 5.38 Å². The largest absolute Gasteiger partial charge is 0.434 e. The van der Waals surface area contributed by atoms with Gasteiger partial charge in [-0.05, 0) is 18.6 Å². The number of benzene rings is 1. The van der Waals surface area contributed by atoms with Crippen molar-refractivity contribution < 1.29 is 18.3 Å². The van der Waals surface area contributed by atoms with Crippen LogP contribution >= 0.6 is 11.3 Å². The number of nitrogens with zero attached hydrogens (tertiary/aromatic N) is 3. The lowest BCUT2D eigenvalue weighted by Gasteiger charge is -2.22. The van der Waals surface area contributed by atoms with Crippen molar-refractivity contribution in [2.75, 3.05) is 31.1 Å². The smallest absolute Gasteiger partial charge is 0.387 e. The summed E-state index contributed by atoms with van der Waals surface area (Å²) >= 11 is 1.56. The van der Waals surface area contributed by atoms with E-state index in [2.05, 4.69) is 14.6 Å². The Kier molecular flexibility index (Phi) is 5.24. The molecule has 24 heavy (non-hydrogen) atoms. The molecule has 1 amide bonds. The summed E-state index contributed by atoms with van der Waals surface area (Å²) in [4.78, 5) is 20.8. The number of halogens is 2. The molecule has 1 fully saturated rings. The fraction of sp³-hybridized carbons (Fsp3) is 0.375. The lowest BCUT2D eigenvalue weighted by molar-refractivity contribution is -0.0502. The van der Waals surface area contributed by atoms with Crippen molar-refractivity contribution in [2.45, 2.75) is 13.0 Å². The molecule has 2 heterocycles. The highest BCUT2D eigenvalue weighted by Gasteiger charge is 2.24. The first-order valence-electron chi connectivity index (χ1n) is 7.62. The third kappa shape index (κ3) is 3.81. The first-order valence-corrected chi connectivity index (χ1v) is 8.50. The normalized spacial score (nSPS) is 15.5. The summed E-state index contributed by atoms with van der Waals surface area (Å²) in [5, 5.41) is 2.85. The van der Waals surface area contributed by atoms with Gasteiger partial charge in [-0.15, -0.1) is 11.3 Å². The Balaban J connectivity index is 1.72. The molecule has 0 atom stereocenters. The van der Waals surface area contributed by atoms with Gasteiger partial charge in [0, 0.05) is 37.8 Å². The van der Waals surface area contributed by atoms with Crippen LogP contribution in [0.15, 0.2) is 35.8 Å². The van der Waals surface area contributed by atoms with Crippen molar-refractivity contribution in [1.29, 1.82) is 0 Å². The molecule has 0 spiro atoms. The van der Waals surface area contributed by atoms with E-state index < -0.39 is 6.61 Å². The number of anilines is 1. The van der Waals surface area contributed by atoms with Crippen LogP contribution in [0.2, 0.25) is 0 Å². The average Bonchev–Trinajstić information content (AvgIpc) is 2.99. The predicted octanol–water partition coefficient (Wildman–Crippen LogP) is 3.10. The second kappa shape index (κ2) is 7.57. The van der Waals surface area contributed by atoms with Gasteiger partial charge in [0.1, 0.15) is 5.75 Å². The van der Waals surface area contributed by atoms with E-state index in [9.17, 15) is 13.6 Å². The lowest BCUT2D eigenvalue weighted by atomic mass is 10.1. The van der Waals surface area contributed by atoms with Gasteiger partial charge in [-0.1, -0.05) is 12.1 Å². The van der Waals surface area contributed by atoms with Gasteiger partial charge in [-0.3, -0.25) is 4.79 Å². The Morgan fingerprint density at radius 2 is 2.04 bits per heavy atom. The highest BCUT2D eigenvalue weighted by molar-refractivity contribution is 7.13. The molecule has 1 saturated heterocycles. The number of ether oxygens (including phenoxy) is 1. The monoisotopic (exact) mass is 353 g/mol. The minimum absolute atomic E-state index is 0.0847. The summed E-state index contributed by atoms with van der Waals surface area (Å²) in [5.41, 5.74) is 0.167. The highest BCUT2D eigenvalue weighted by atomic mass is 32.1. The van der Waals surface area contributed by atoms with E-state index in [4.69, 9.17) is 0 Å². The number of hydrogen-bond acceptors (Lipinski definition) is 5. The van der Waals surface area contributed by atoms with Crippen molar-refractivity contribution in [1.82, 2.24) is 9.88 Å². The third-order valence-electron chi connectivity index (χ3n) is 3.81. The molecule has 0 N–H and O–H groups in total. The summed E-state index contributed by atoms with van der Waals surface area (Å²) in [7, 11) is 0. The van der Waals surface area contributed by atoms with Gasteiger partial charge < -0.3 is 14.5 Å². The van der Waals surface area contributed by atoms with Gasteiger partial charge in [-0.25, -0.2) is 4.98 Å². The minimum atomic E-state index is -2.96. The van der Waals surface area contributed by atoms with E-state index in [-0.39, 0.29) is 17.2 Å². The second-order valence-corrected chi connectivity index (χ2v) is 6.20. The van der Waals surface area contributed by atoms with Crippen molar-refractivity contribution in [3.05, 3.63) is 41.4 Å². The summed E-state index contributed by atoms with van der Waals surface area (Å²) in [6, 6.07) is 6.12. The maximum absolute atomic E-state index is 12.7. The average molecular weight is 353 g/mol. The van der Waals surface area contributed by atoms with Crippen LogP contribution in [0.5, 0.6) is 5.75 Å². The number of rotatable bonds is 4. The molecule has 8 heteroatoms. The Labute approximate surface area is 142 Å². The molecule has 5 nitrogen and oxygen atoms in total. The van der Waals surface area contributed by atoms with Crippen LogP contribution in [0.4, 0.5) is 13.9 Å². The van der Waals surface area contributed by atoms with Crippen LogP contribution in [0.3, 0.4) is 0 Å². The Morgan fingerprint density at radius 1 is 1.21 bits per heavy atom. The van der Waals surface area contributed by atoms with Crippen LogP contribution in [0.1, 0.15) is 16.8 Å². The zero-order valence-electron chi connectivity index (χ0n) is 12.9. The van der Waals surface area contributed by atoms with E-state index in [1.165, 1.54) is 12.1 Å². The lowest BCUT2D eigenvalue weighted by Crippen LogP contribution is -2.35. The van der Waals surface area contributed by atoms with Crippen LogP contribution in [0, 0.1) is 0 Å². The molecule has 2 aromatic rings. The molecule has 1 aliphatic heterocycles. The molecular formula is C16H17F2N3O2S. The van der Waals surface area contributed by atoms with E-state index >= 15 is 0 Å². The Hall–Kier alpha value is -2.22. The number of para-hydroxylation sites is 1. The topological polar surface area (TPSA) is 45.7 Å². The molecule has 0 aliphatic carbocycles. The number of carbonyl (C=O) groups excluding carboxylic acids is 1. The first-order chi connectivity index (χ1) is 11.6. The summed E-state index contributed by atoms with van der Waals surface area (Å²) in [5.74, 6) is -0.370. The molecule has 0 unspecified atom stereocenters. The number of alkyl halides is 2. The number of aromatic nitrogens is 1. The summed E-state index contributed by atoms with van der Waals surface area (Å²) < 4.78 is 29.5. The minimum Gasteiger partial charge on any atom is -0.434 e. The van der Waals surface area contributed by atoms with Gasteiger partial charge >= 0.3 is 6.61 Å². The van der Waals surface area contributed by atoms with Crippen LogP contribution < -0.4 is 9.64 Å². The Bertz CT molecular complexity index is 682. The number of hydrogen-bond donors (Lipinski definition) is 0. The fourth-order valence-electron chi connectivity index (χ4n) is 2.70. The van der Waals surface area contributed by atoms with Crippen molar-refractivity contribution in [3.8, 4) is 5.75 Å². The second-order valence-electron chi connectivity index (χ2n) is 5.32. The molecule has 3 rings (SSSR count). The molecule has 0 radical (unpaired) electrons. The quantitative estimate of drug-likeness (QED) is 0.847. The van der Waals surface area contributed by atoms with Crippen LogP contribution in [-0.4, -0.2) is 48.6 Å². The maximum Gasteiger partial charge on any atom is 0.387 e. The highest BCUT2D eigenvalue weighted by Crippen LogP contribution is 2.24. The zero-order chi connectivity index (χ0) is 16.9. The van der Waals surface area contributed by atoms with Gasteiger partial charge in [0.2, 0.25) is 0 Å². The van der Waals surface area contributed by atoms with Crippen molar-refractivity contribution >= 4 is 22.4 Å². The fourth-order valence-corrected chi connectivity index (χ4v) is 3.39. The third-order valence-corrected chi connectivity index (χ3v) is 4.64. The SMILES string of the molecule is O=C(c1ccccc1OC(F)F)N1CCCN(c2nccs2)CC1. The van der Waals surface area contributed by atoms with Crippen LogP contribution in [-0.2, 0) is 0 Å². The van der Waals surface area contributed by atoms with Gasteiger partial charge in [0.25, 0.3) is 5.91 Å². The molecule has 1 aromatic heterocycles. The van der Waals surface area contributed by atoms with Gasteiger partial charge in [0.15, 0.2) is 5.13 Å². The molecule has 0 saturated carbocycles. The van der Waals surface area contributed by atoms with E-state index in [1.54, 1.807) is 34.6 Å². The first kappa shape index (κ1) is 16.6. The maximum atomic E-state index is 12.7. The Morgan fingerprint density at radius 3 is 2.79 bits per heavy atom. The standard InChI is InChI=1S/C16H17F2N3O2S/c17-15(18)23-13-5-2-1-4-12(13)14(22)20-7-3-8-21(10-9-20)16-19-6-11-24-16/h1-2,4-6,11,15H,3,7-10H2. The van der Waals surface area contributed by atoms with Crippen molar-refractivity contribution in [2.24, 2.45) is 0 Å². The van der Waals surface area contributed by atoms with E-state index in [0.717, 1.165) is 18.1 Å². The van der Waals surface area contributed by atoms with Gasteiger partial charge in [-0.2, -0.15) is 8.78 Å². The van der Waals surface area contributed by atoms with Crippen LogP contribution in [0.25, 0.3) is 0 Å². The molecule has 128 valence electrons. The molecule has 0 bridgehead atoms. The molecule has 1 aliphatic rings. The van der Waals surface area contributed by atoms with E-state index in [0.29, 0.717) is 19.6 Å². The summed E-state index contributed by atoms with van der Waals surface area (Å²) in [6.07, 6.45) is 2.55. The molecular weight excluding hydrogens is 336 g/mol.